The highest BCUT2D eigenvalue weighted by Crippen LogP contribution is 2.43. The van der Waals surface area contributed by atoms with Crippen LogP contribution in [-0.2, 0) is 14.3 Å². The maximum atomic E-state index is 12.8. The molecule has 2 rings (SSSR count). The molecule has 26 heavy (non-hydrogen) atoms. The van der Waals surface area contributed by atoms with Crippen molar-refractivity contribution in [2.75, 3.05) is 7.11 Å². The molecule has 0 bridgehead atoms. The number of rotatable bonds is 5. The molecule has 0 saturated carbocycles. The summed E-state index contributed by atoms with van der Waals surface area (Å²) in [5.74, 6) is -1.86. The highest BCUT2D eigenvalue weighted by Gasteiger charge is 2.47. The van der Waals surface area contributed by atoms with Crippen molar-refractivity contribution in [3.05, 3.63) is 40.1 Å². The van der Waals surface area contributed by atoms with Crippen LogP contribution in [0.15, 0.2) is 45.1 Å². The summed E-state index contributed by atoms with van der Waals surface area (Å²) in [6.45, 7) is 5.54. The molecule has 1 aliphatic carbocycles. The van der Waals surface area contributed by atoms with Gasteiger partial charge in [0.1, 0.15) is 11.7 Å². The van der Waals surface area contributed by atoms with Crippen molar-refractivity contribution in [2.45, 2.75) is 40.0 Å². The number of esters is 1. The van der Waals surface area contributed by atoms with Gasteiger partial charge >= 0.3 is 5.97 Å². The zero-order valence-corrected chi connectivity index (χ0v) is 17.1. The Hall–Kier alpha value is -1.95. The molecule has 6 heteroatoms. The smallest absolute Gasteiger partial charge is 0.316 e. The molecule has 1 aromatic rings. The number of aliphatic hydroxyl groups is 1. The van der Waals surface area contributed by atoms with Crippen LogP contribution in [0, 0.1) is 11.3 Å². The molecule has 1 atom stereocenters. The van der Waals surface area contributed by atoms with Crippen LogP contribution in [0.3, 0.4) is 0 Å². The molecule has 5 nitrogen and oxygen atoms in total. The third-order valence-electron chi connectivity index (χ3n) is 4.51. The summed E-state index contributed by atoms with van der Waals surface area (Å²) in [5, 5.41) is 10.8. The highest BCUT2D eigenvalue weighted by molar-refractivity contribution is 9.10. The monoisotopic (exact) mass is 421 g/mol. The van der Waals surface area contributed by atoms with E-state index in [-0.39, 0.29) is 23.5 Å². The van der Waals surface area contributed by atoms with Crippen LogP contribution in [0.4, 0.5) is 5.69 Å². The SMILES string of the molecule is CCCC(=Nc1ccc(Br)cc1)C1=C(O)[C@@H](C(=O)OC)C(C)(C)CC1=O. The van der Waals surface area contributed by atoms with Gasteiger partial charge in [-0.05, 0) is 36.1 Å². The average molecular weight is 422 g/mol. The van der Waals surface area contributed by atoms with E-state index in [1.165, 1.54) is 7.11 Å². The van der Waals surface area contributed by atoms with Gasteiger partial charge in [-0.1, -0.05) is 43.1 Å². The molecule has 1 N–H and O–H groups in total. The first-order valence-electron chi connectivity index (χ1n) is 8.59. The van der Waals surface area contributed by atoms with Crippen molar-refractivity contribution < 1.29 is 19.4 Å². The number of benzene rings is 1. The van der Waals surface area contributed by atoms with Crippen molar-refractivity contribution in [2.24, 2.45) is 16.3 Å². The first-order valence-corrected chi connectivity index (χ1v) is 9.38. The molecule has 0 fully saturated rings. The first kappa shape index (κ1) is 20.4. The van der Waals surface area contributed by atoms with Crippen molar-refractivity contribution in [3.63, 3.8) is 0 Å². The fraction of sp³-hybridized carbons (Fsp3) is 0.450. The van der Waals surface area contributed by atoms with E-state index in [2.05, 4.69) is 20.9 Å². The number of ether oxygens (including phenoxy) is 1. The number of Topliss-reactive ketones (excluding diaryl/α,β-unsaturated/α-hetero) is 1. The minimum Gasteiger partial charge on any atom is -0.511 e. The lowest BCUT2D eigenvalue weighted by molar-refractivity contribution is -0.150. The number of methoxy groups -OCH3 is 1. The number of aliphatic hydroxyl groups excluding tert-OH is 1. The predicted molar refractivity (Wildman–Crippen MR) is 105 cm³/mol. The second-order valence-corrected chi connectivity index (χ2v) is 8.01. The maximum Gasteiger partial charge on any atom is 0.316 e. The summed E-state index contributed by atoms with van der Waals surface area (Å²) in [6, 6.07) is 7.37. The van der Waals surface area contributed by atoms with Crippen molar-refractivity contribution in [1.29, 1.82) is 0 Å². The number of halogens is 1. The summed E-state index contributed by atoms with van der Waals surface area (Å²) in [4.78, 5) is 29.6. The number of nitrogens with zero attached hydrogens (tertiary/aromatic N) is 1. The normalized spacial score (nSPS) is 20.3. The van der Waals surface area contributed by atoms with Crippen LogP contribution in [-0.4, -0.2) is 29.7 Å². The number of hydrogen-bond acceptors (Lipinski definition) is 5. The van der Waals surface area contributed by atoms with Gasteiger partial charge in [-0.3, -0.25) is 14.6 Å². The van der Waals surface area contributed by atoms with E-state index >= 15 is 0 Å². The Morgan fingerprint density at radius 1 is 1.35 bits per heavy atom. The lowest BCUT2D eigenvalue weighted by Gasteiger charge is -2.36. The molecule has 0 saturated heterocycles. The summed E-state index contributed by atoms with van der Waals surface area (Å²) in [5.41, 5.74) is 0.627. The van der Waals surface area contributed by atoms with Gasteiger partial charge < -0.3 is 9.84 Å². The molecule has 0 aliphatic heterocycles. The van der Waals surface area contributed by atoms with Gasteiger partial charge in [0.2, 0.25) is 0 Å². The lowest BCUT2D eigenvalue weighted by atomic mass is 9.67. The minimum absolute atomic E-state index is 0.148. The largest absolute Gasteiger partial charge is 0.511 e. The molecule has 0 radical (unpaired) electrons. The van der Waals surface area contributed by atoms with Crippen LogP contribution < -0.4 is 0 Å². The predicted octanol–water partition coefficient (Wildman–Crippen LogP) is 4.92. The van der Waals surface area contributed by atoms with Crippen molar-refractivity contribution in [1.82, 2.24) is 0 Å². The molecule has 0 spiro atoms. The van der Waals surface area contributed by atoms with Crippen LogP contribution >= 0.6 is 15.9 Å². The van der Waals surface area contributed by atoms with Gasteiger partial charge in [0.25, 0.3) is 0 Å². The summed E-state index contributed by atoms with van der Waals surface area (Å²) in [7, 11) is 1.28. The maximum absolute atomic E-state index is 12.8. The number of hydrogen-bond donors (Lipinski definition) is 1. The second-order valence-electron chi connectivity index (χ2n) is 7.09. The Morgan fingerprint density at radius 3 is 2.50 bits per heavy atom. The second kappa shape index (κ2) is 8.16. The van der Waals surface area contributed by atoms with Crippen molar-refractivity contribution >= 4 is 39.1 Å². The molecule has 0 unspecified atom stereocenters. The molecule has 0 amide bonds. The molecule has 1 aliphatic rings. The zero-order chi connectivity index (χ0) is 19.5. The number of carbonyl (C=O) groups excluding carboxylic acids is 2. The van der Waals surface area contributed by atoms with E-state index in [4.69, 9.17) is 4.74 Å². The first-order chi connectivity index (χ1) is 12.2. The number of aliphatic imine (C=N–C) groups is 1. The fourth-order valence-electron chi connectivity index (χ4n) is 3.26. The Morgan fingerprint density at radius 2 is 1.96 bits per heavy atom. The van der Waals surface area contributed by atoms with Gasteiger partial charge in [0, 0.05) is 10.9 Å². The highest BCUT2D eigenvalue weighted by atomic mass is 79.9. The molecule has 0 heterocycles. The van der Waals surface area contributed by atoms with Gasteiger partial charge in [-0.25, -0.2) is 0 Å². The van der Waals surface area contributed by atoms with Crippen molar-refractivity contribution in [3.8, 4) is 0 Å². The van der Waals surface area contributed by atoms with E-state index in [0.717, 1.165) is 10.9 Å². The molecule has 140 valence electrons. The van der Waals surface area contributed by atoms with Gasteiger partial charge in [-0.15, -0.1) is 0 Å². The number of ketones is 1. The average Bonchev–Trinajstić information content (AvgIpc) is 2.55. The van der Waals surface area contributed by atoms with E-state index < -0.39 is 17.3 Å². The zero-order valence-electron chi connectivity index (χ0n) is 15.5. The third kappa shape index (κ3) is 4.23. The standard InChI is InChI=1S/C20H24BrNO4/c1-5-6-14(22-13-9-7-12(21)8-10-13)16-15(23)11-20(2,3)17(18(16)24)19(25)26-4/h7-10,17,24H,5-6,11H2,1-4H3/t17-/m0/s1. The van der Waals surface area contributed by atoms with Gasteiger partial charge in [0.15, 0.2) is 5.78 Å². The van der Waals surface area contributed by atoms with Crippen LogP contribution in [0.25, 0.3) is 0 Å². The third-order valence-corrected chi connectivity index (χ3v) is 5.04. The minimum atomic E-state index is -0.882. The summed E-state index contributed by atoms with van der Waals surface area (Å²) >= 11 is 3.38. The van der Waals surface area contributed by atoms with E-state index in [9.17, 15) is 14.7 Å². The van der Waals surface area contributed by atoms with Gasteiger partial charge in [0.05, 0.1) is 24.1 Å². The summed E-state index contributed by atoms with van der Waals surface area (Å²) < 4.78 is 5.79. The van der Waals surface area contributed by atoms with E-state index in [1.54, 1.807) is 13.8 Å². The molecule has 1 aromatic carbocycles. The number of allylic oxidation sites excluding steroid dienone is 1. The van der Waals surface area contributed by atoms with Crippen LogP contribution in [0.5, 0.6) is 0 Å². The Labute approximate surface area is 162 Å². The Balaban J connectivity index is 2.59. The number of carbonyl (C=O) groups is 2. The molecule has 0 aromatic heterocycles. The van der Waals surface area contributed by atoms with Crippen LogP contribution in [0.1, 0.15) is 40.0 Å². The van der Waals surface area contributed by atoms with E-state index in [0.29, 0.717) is 17.8 Å². The fourth-order valence-corrected chi connectivity index (χ4v) is 3.53. The topological polar surface area (TPSA) is 76.0 Å². The quantitative estimate of drug-likeness (QED) is 0.540. The Kier molecular flexibility index (Phi) is 6.39. The summed E-state index contributed by atoms with van der Waals surface area (Å²) in [6.07, 6.45) is 1.43. The Bertz CT molecular complexity index is 763. The van der Waals surface area contributed by atoms with E-state index in [1.807, 2.05) is 31.2 Å². The van der Waals surface area contributed by atoms with Crippen LogP contribution in [0.2, 0.25) is 0 Å². The lowest BCUT2D eigenvalue weighted by Crippen LogP contribution is -2.41. The molecular formula is C20H24BrNO4. The molecular weight excluding hydrogens is 398 g/mol. The van der Waals surface area contributed by atoms with Gasteiger partial charge in [-0.2, -0.15) is 0 Å².